The SMILES string of the molecule is C1CCNC1.CC.[HH]. The second-order valence-corrected chi connectivity index (χ2v) is 1.46. The summed E-state index contributed by atoms with van der Waals surface area (Å²) in [6.45, 7) is 6.50. The molecule has 1 saturated heterocycles. The molecule has 1 heteroatoms. The van der Waals surface area contributed by atoms with Gasteiger partial charge in [-0.15, -0.1) is 0 Å². The quantitative estimate of drug-likeness (QED) is 0.491. The monoisotopic (exact) mass is 103 g/mol. The molecule has 1 heterocycles. The highest BCUT2D eigenvalue weighted by atomic mass is 14.9. The molecule has 0 unspecified atom stereocenters. The molecule has 0 radical (unpaired) electrons. The van der Waals surface area contributed by atoms with E-state index in [1.807, 2.05) is 13.8 Å². The summed E-state index contributed by atoms with van der Waals surface area (Å²) in [4.78, 5) is 0. The van der Waals surface area contributed by atoms with E-state index in [4.69, 9.17) is 0 Å². The summed E-state index contributed by atoms with van der Waals surface area (Å²) < 4.78 is 0. The van der Waals surface area contributed by atoms with Crippen LogP contribution in [0.2, 0.25) is 0 Å². The largest absolute Gasteiger partial charge is 0.317 e. The van der Waals surface area contributed by atoms with Gasteiger partial charge in [0.05, 0.1) is 0 Å². The van der Waals surface area contributed by atoms with Gasteiger partial charge in [-0.3, -0.25) is 0 Å². The molecule has 1 aliphatic rings. The van der Waals surface area contributed by atoms with Gasteiger partial charge in [0.1, 0.15) is 0 Å². The Balaban J connectivity index is 0. The van der Waals surface area contributed by atoms with Gasteiger partial charge < -0.3 is 5.32 Å². The third-order valence-electron chi connectivity index (χ3n) is 0.957. The summed E-state index contributed by atoms with van der Waals surface area (Å²) >= 11 is 0. The summed E-state index contributed by atoms with van der Waals surface area (Å²) in [5.41, 5.74) is 0. The zero-order valence-corrected chi connectivity index (χ0v) is 5.33. The minimum Gasteiger partial charge on any atom is -0.317 e. The molecule has 0 atom stereocenters. The van der Waals surface area contributed by atoms with Gasteiger partial charge in [0.25, 0.3) is 0 Å². The zero-order chi connectivity index (χ0) is 5.54. The third kappa shape index (κ3) is 3.80. The van der Waals surface area contributed by atoms with E-state index < -0.39 is 0 Å². The van der Waals surface area contributed by atoms with Gasteiger partial charge in [0.2, 0.25) is 0 Å². The van der Waals surface area contributed by atoms with Crippen LogP contribution in [-0.4, -0.2) is 13.1 Å². The molecule has 0 aromatic rings. The molecule has 1 nitrogen and oxygen atoms in total. The van der Waals surface area contributed by atoms with Crippen LogP contribution in [-0.2, 0) is 0 Å². The van der Waals surface area contributed by atoms with Crippen molar-refractivity contribution in [3.63, 3.8) is 0 Å². The van der Waals surface area contributed by atoms with Crippen LogP contribution in [0.1, 0.15) is 28.1 Å². The van der Waals surface area contributed by atoms with E-state index in [1.54, 1.807) is 0 Å². The van der Waals surface area contributed by atoms with Gasteiger partial charge in [0.15, 0.2) is 0 Å². The maximum absolute atomic E-state index is 3.22. The van der Waals surface area contributed by atoms with Crippen LogP contribution in [0.25, 0.3) is 0 Å². The topological polar surface area (TPSA) is 12.0 Å². The predicted octanol–water partition coefficient (Wildman–Crippen LogP) is 1.64. The fraction of sp³-hybridized carbons (Fsp3) is 1.00. The maximum Gasteiger partial charge on any atom is 0 e. The van der Waals surface area contributed by atoms with Crippen molar-refractivity contribution in [3.05, 3.63) is 0 Å². The van der Waals surface area contributed by atoms with E-state index in [-0.39, 0.29) is 1.43 Å². The van der Waals surface area contributed by atoms with Crippen LogP contribution in [0.15, 0.2) is 0 Å². The summed E-state index contributed by atoms with van der Waals surface area (Å²) in [5, 5.41) is 3.22. The van der Waals surface area contributed by atoms with Crippen LogP contribution in [0.4, 0.5) is 0 Å². The van der Waals surface area contributed by atoms with Crippen molar-refractivity contribution >= 4 is 0 Å². The maximum atomic E-state index is 3.22. The van der Waals surface area contributed by atoms with Crippen LogP contribution >= 0.6 is 0 Å². The van der Waals surface area contributed by atoms with Gasteiger partial charge in [-0.25, -0.2) is 0 Å². The molecule has 46 valence electrons. The van der Waals surface area contributed by atoms with Gasteiger partial charge in [-0.2, -0.15) is 0 Å². The van der Waals surface area contributed by atoms with Crippen LogP contribution in [0, 0.1) is 0 Å². The second-order valence-electron chi connectivity index (χ2n) is 1.46. The Labute approximate surface area is 47.6 Å². The average Bonchev–Trinajstić information content (AvgIpc) is 2.23. The highest BCUT2D eigenvalue weighted by Crippen LogP contribution is 1.90. The van der Waals surface area contributed by atoms with Crippen LogP contribution in [0.5, 0.6) is 0 Å². The van der Waals surface area contributed by atoms with Crippen molar-refractivity contribution in [1.29, 1.82) is 0 Å². The molecule has 1 fully saturated rings. The van der Waals surface area contributed by atoms with Crippen molar-refractivity contribution in [2.24, 2.45) is 0 Å². The Morgan fingerprint density at radius 2 is 1.57 bits per heavy atom. The van der Waals surface area contributed by atoms with E-state index in [0.29, 0.717) is 0 Å². The van der Waals surface area contributed by atoms with Crippen LogP contribution < -0.4 is 5.32 Å². The first-order chi connectivity index (χ1) is 3.50. The molecular weight excluding hydrogens is 86.1 g/mol. The summed E-state index contributed by atoms with van der Waals surface area (Å²) in [6, 6.07) is 0. The summed E-state index contributed by atoms with van der Waals surface area (Å²) in [5.74, 6) is 0. The minimum atomic E-state index is 0. The minimum absolute atomic E-state index is 0. The van der Waals surface area contributed by atoms with Gasteiger partial charge in [-0.05, 0) is 25.9 Å². The van der Waals surface area contributed by atoms with Crippen molar-refractivity contribution in [2.45, 2.75) is 26.7 Å². The zero-order valence-electron chi connectivity index (χ0n) is 5.33. The standard InChI is InChI=1S/C4H9N.C2H6.H2/c1-2-4-5-3-1;1-2;/h5H,1-4H2;1-2H3;1H. The number of nitrogens with one attached hydrogen (secondary N) is 1. The second kappa shape index (κ2) is 5.96. The Kier molecular flexibility index (Phi) is 5.93. The molecular formula is C6H17N. The fourth-order valence-corrected chi connectivity index (χ4v) is 0.625. The van der Waals surface area contributed by atoms with E-state index in [9.17, 15) is 0 Å². The Hall–Kier alpha value is -0.0400. The van der Waals surface area contributed by atoms with E-state index in [1.165, 1.54) is 25.9 Å². The molecule has 1 rings (SSSR count). The van der Waals surface area contributed by atoms with E-state index in [2.05, 4.69) is 5.32 Å². The van der Waals surface area contributed by atoms with E-state index >= 15 is 0 Å². The Morgan fingerprint density at radius 1 is 1.14 bits per heavy atom. The molecule has 0 bridgehead atoms. The third-order valence-corrected chi connectivity index (χ3v) is 0.957. The van der Waals surface area contributed by atoms with Gasteiger partial charge >= 0.3 is 0 Å². The van der Waals surface area contributed by atoms with Crippen LogP contribution in [0.3, 0.4) is 0 Å². The van der Waals surface area contributed by atoms with E-state index in [0.717, 1.165) is 0 Å². The average molecular weight is 103 g/mol. The lowest BCUT2D eigenvalue weighted by Crippen LogP contribution is -2.03. The van der Waals surface area contributed by atoms with Crippen molar-refractivity contribution in [3.8, 4) is 0 Å². The molecule has 7 heavy (non-hydrogen) atoms. The molecule has 0 aromatic carbocycles. The smallest absolute Gasteiger partial charge is 0 e. The summed E-state index contributed by atoms with van der Waals surface area (Å²) in [7, 11) is 0. The first-order valence-corrected chi connectivity index (χ1v) is 3.21. The Bertz CT molecular complexity index is 20.1. The first-order valence-electron chi connectivity index (χ1n) is 3.21. The highest BCUT2D eigenvalue weighted by Gasteiger charge is 1.93. The lowest BCUT2D eigenvalue weighted by atomic mass is 10.4. The van der Waals surface area contributed by atoms with Gasteiger partial charge in [0, 0.05) is 1.43 Å². The summed E-state index contributed by atoms with van der Waals surface area (Å²) in [6.07, 6.45) is 2.78. The van der Waals surface area contributed by atoms with Crippen molar-refractivity contribution < 1.29 is 1.43 Å². The normalized spacial score (nSPS) is 18.0. The number of rotatable bonds is 0. The first kappa shape index (κ1) is 6.96. The number of hydrogen-bond acceptors (Lipinski definition) is 1. The lowest BCUT2D eigenvalue weighted by molar-refractivity contribution is 0.857. The highest BCUT2D eigenvalue weighted by molar-refractivity contribution is 4.55. The molecule has 0 aromatic heterocycles. The molecule has 0 amide bonds. The van der Waals surface area contributed by atoms with Crippen molar-refractivity contribution in [2.75, 3.05) is 13.1 Å². The molecule has 0 aliphatic carbocycles. The number of hydrogen-bond donors (Lipinski definition) is 1. The molecule has 1 aliphatic heterocycles. The molecule has 0 spiro atoms. The lowest BCUT2D eigenvalue weighted by Gasteiger charge is -1.76. The van der Waals surface area contributed by atoms with Crippen molar-refractivity contribution in [1.82, 2.24) is 5.32 Å². The molecule has 0 saturated carbocycles. The molecule has 1 N–H and O–H groups in total. The predicted molar refractivity (Wildman–Crippen MR) is 35.6 cm³/mol. The van der Waals surface area contributed by atoms with Gasteiger partial charge in [-0.1, -0.05) is 13.8 Å². The Morgan fingerprint density at radius 3 is 1.71 bits per heavy atom. The fourth-order valence-electron chi connectivity index (χ4n) is 0.625.